The van der Waals surface area contributed by atoms with Crippen LogP contribution in [0.15, 0.2) is 36.4 Å². The number of nitro benzene ring substituents is 1. The van der Waals surface area contributed by atoms with Crippen molar-refractivity contribution < 1.29 is 27.6 Å². The van der Waals surface area contributed by atoms with Crippen LogP contribution in [0.25, 0.3) is 0 Å². The van der Waals surface area contributed by atoms with Gasteiger partial charge in [0.1, 0.15) is 18.8 Å². The van der Waals surface area contributed by atoms with Crippen LogP contribution in [0.3, 0.4) is 0 Å². The number of amides is 1. The predicted molar refractivity (Wildman–Crippen MR) is 113 cm³/mol. The van der Waals surface area contributed by atoms with E-state index in [0.717, 1.165) is 0 Å². The van der Waals surface area contributed by atoms with Gasteiger partial charge in [-0.05, 0) is 25.0 Å². The fourth-order valence-corrected chi connectivity index (χ4v) is 4.65. The van der Waals surface area contributed by atoms with E-state index in [9.17, 15) is 23.3 Å². The zero-order valence-corrected chi connectivity index (χ0v) is 17.9. The minimum atomic E-state index is -3.56. The van der Waals surface area contributed by atoms with Crippen LogP contribution in [0, 0.1) is 10.1 Å². The Kier molecular flexibility index (Phi) is 6.76. The maximum absolute atomic E-state index is 12.7. The first kappa shape index (κ1) is 22.5. The summed E-state index contributed by atoms with van der Waals surface area (Å²) in [6, 6.07) is 8.99. The summed E-state index contributed by atoms with van der Waals surface area (Å²) in [4.78, 5) is 23.5. The summed E-state index contributed by atoms with van der Waals surface area (Å²) in [5.41, 5.74) is 0.539. The van der Waals surface area contributed by atoms with E-state index in [2.05, 4.69) is 10.0 Å². The van der Waals surface area contributed by atoms with Gasteiger partial charge >= 0.3 is 0 Å². The average molecular weight is 449 g/mol. The first-order valence-corrected chi connectivity index (χ1v) is 11.2. The van der Waals surface area contributed by atoms with E-state index in [1.54, 1.807) is 38.1 Å². The highest BCUT2D eigenvalue weighted by Crippen LogP contribution is 2.36. The van der Waals surface area contributed by atoms with Crippen molar-refractivity contribution in [3.8, 4) is 11.5 Å². The van der Waals surface area contributed by atoms with Crippen LogP contribution in [0.2, 0.25) is 0 Å². The molecule has 166 valence electrons. The molecule has 0 spiro atoms. The number of benzene rings is 2. The van der Waals surface area contributed by atoms with Crippen LogP contribution in [-0.4, -0.2) is 38.5 Å². The van der Waals surface area contributed by atoms with E-state index in [-0.39, 0.29) is 48.6 Å². The van der Waals surface area contributed by atoms with E-state index in [1.807, 2.05) is 0 Å². The number of hydrogen-bond donors (Lipinski definition) is 2. The molecule has 11 heteroatoms. The summed E-state index contributed by atoms with van der Waals surface area (Å²) >= 11 is 0. The third kappa shape index (κ3) is 5.70. The first-order chi connectivity index (χ1) is 14.7. The summed E-state index contributed by atoms with van der Waals surface area (Å²) in [6.45, 7) is 3.99. The van der Waals surface area contributed by atoms with Gasteiger partial charge in [0, 0.05) is 18.7 Å². The Labute approximate surface area is 179 Å². The van der Waals surface area contributed by atoms with Crippen molar-refractivity contribution in [2.45, 2.75) is 32.2 Å². The minimum Gasteiger partial charge on any atom is -0.486 e. The van der Waals surface area contributed by atoms with Crippen molar-refractivity contribution in [3.63, 3.8) is 0 Å². The van der Waals surface area contributed by atoms with Crippen molar-refractivity contribution in [2.24, 2.45) is 0 Å². The second-order valence-corrected chi connectivity index (χ2v) is 9.01. The van der Waals surface area contributed by atoms with Crippen LogP contribution in [0.5, 0.6) is 11.5 Å². The zero-order chi connectivity index (χ0) is 22.6. The fourth-order valence-electron chi connectivity index (χ4n) is 3.16. The highest BCUT2D eigenvalue weighted by molar-refractivity contribution is 7.88. The van der Waals surface area contributed by atoms with Gasteiger partial charge in [0.15, 0.2) is 11.5 Å². The number of hydrogen-bond acceptors (Lipinski definition) is 7. The maximum atomic E-state index is 12.7. The number of sulfonamides is 1. The lowest BCUT2D eigenvalue weighted by atomic mass is 10.1. The first-order valence-electron chi connectivity index (χ1n) is 9.59. The highest BCUT2D eigenvalue weighted by atomic mass is 32.2. The zero-order valence-electron chi connectivity index (χ0n) is 17.1. The molecule has 0 atom stereocenters. The number of nitro groups is 1. The largest absolute Gasteiger partial charge is 0.486 e. The molecule has 2 aromatic rings. The molecule has 1 aliphatic heterocycles. The Morgan fingerprint density at radius 2 is 1.74 bits per heavy atom. The molecule has 3 rings (SSSR count). The standard InChI is InChI=1S/C20H23N3O7S/c1-13(2)22-31(27,28)12-15-6-4-3-5-14(15)11-21-20(24)16-9-18-19(30-8-7-29-18)10-17(16)23(25)26/h3-6,9-10,13,22H,7-8,11-12H2,1-2H3,(H,21,24). The maximum Gasteiger partial charge on any atom is 0.286 e. The van der Waals surface area contributed by atoms with Gasteiger partial charge in [0.05, 0.1) is 16.7 Å². The molecule has 0 radical (unpaired) electrons. The van der Waals surface area contributed by atoms with Crippen LogP contribution < -0.4 is 19.5 Å². The van der Waals surface area contributed by atoms with Crippen molar-refractivity contribution in [3.05, 3.63) is 63.2 Å². The Bertz CT molecular complexity index is 1100. The molecule has 0 unspecified atom stereocenters. The summed E-state index contributed by atoms with van der Waals surface area (Å²) in [5.74, 6) is -0.459. The molecule has 0 saturated heterocycles. The number of nitrogens with zero attached hydrogens (tertiary/aromatic N) is 1. The van der Waals surface area contributed by atoms with Crippen molar-refractivity contribution in [1.82, 2.24) is 10.0 Å². The molecule has 0 aromatic heterocycles. The van der Waals surface area contributed by atoms with Crippen molar-refractivity contribution in [2.75, 3.05) is 13.2 Å². The number of carbonyl (C=O) groups is 1. The summed E-state index contributed by atoms with van der Waals surface area (Å²) in [5, 5.41) is 14.1. The van der Waals surface area contributed by atoms with Gasteiger partial charge in [-0.15, -0.1) is 0 Å². The van der Waals surface area contributed by atoms with Gasteiger partial charge in [-0.25, -0.2) is 13.1 Å². The second kappa shape index (κ2) is 9.31. The molecule has 1 heterocycles. The van der Waals surface area contributed by atoms with E-state index in [1.165, 1.54) is 12.1 Å². The molecular weight excluding hydrogens is 426 g/mol. The van der Waals surface area contributed by atoms with Gasteiger partial charge in [-0.2, -0.15) is 0 Å². The molecular formula is C20H23N3O7S. The SMILES string of the molecule is CC(C)NS(=O)(=O)Cc1ccccc1CNC(=O)c1cc2c(cc1[N+](=O)[O-])OCCO2. The molecule has 1 aliphatic rings. The number of nitrogens with one attached hydrogen (secondary N) is 2. The van der Waals surface area contributed by atoms with Crippen LogP contribution in [-0.2, 0) is 22.3 Å². The Morgan fingerprint density at radius 3 is 2.35 bits per heavy atom. The lowest BCUT2D eigenvalue weighted by molar-refractivity contribution is -0.385. The Morgan fingerprint density at radius 1 is 1.13 bits per heavy atom. The molecule has 2 aromatic carbocycles. The van der Waals surface area contributed by atoms with Crippen LogP contribution in [0.1, 0.15) is 35.3 Å². The predicted octanol–water partition coefficient (Wildman–Crippen LogP) is 2.12. The molecule has 2 N–H and O–H groups in total. The van der Waals surface area contributed by atoms with Gasteiger partial charge in [0.25, 0.3) is 11.6 Å². The third-order valence-electron chi connectivity index (χ3n) is 4.42. The number of rotatable bonds is 8. The van der Waals surface area contributed by atoms with E-state index >= 15 is 0 Å². The van der Waals surface area contributed by atoms with Crippen molar-refractivity contribution >= 4 is 21.6 Å². The molecule has 1 amide bonds. The summed E-state index contributed by atoms with van der Waals surface area (Å²) < 4.78 is 37.8. The molecule has 31 heavy (non-hydrogen) atoms. The summed E-state index contributed by atoms with van der Waals surface area (Å²) in [7, 11) is -3.56. The van der Waals surface area contributed by atoms with E-state index < -0.39 is 26.5 Å². The van der Waals surface area contributed by atoms with Gasteiger partial charge < -0.3 is 14.8 Å². The molecule has 0 bridgehead atoms. The lowest BCUT2D eigenvalue weighted by Crippen LogP contribution is -2.32. The topological polar surface area (TPSA) is 137 Å². The Balaban J connectivity index is 1.80. The number of carbonyl (C=O) groups excluding carboxylic acids is 1. The highest BCUT2D eigenvalue weighted by Gasteiger charge is 2.26. The van der Waals surface area contributed by atoms with E-state index in [4.69, 9.17) is 9.47 Å². The molecule has 0 saturated carbocycles. The lowest BCUT2D eigenvalue weighted by Gasteiger charge is -2.19. The second-order valence-electron chi connectivity index (χ2n) is 7.25. The fraction of sp³-hybridized carbons (Fsp3) is 0.350. The minimum absolute atomic E-state index is 0.00218. The molecule has 0 fully saturated rings. The number of fused-ring (bicyclic) bond motifs is 1. The number of ether oxygens (including phenoxy) is 2. The van der Waals surface area contributed by atoms with Gasteiger partial charge in [0.2, 0.25) is 10.0 Å². The Hall–Kier alpha value is -3.18. The van der Waals surface area contributed by atoms with Gasteiger partial charge in [-0.1, -0.05) is 24.3 Å². The van der Waals surface area contributed by atoms with Crippen LogP contribution in [0.4, 0.5) is 5.69 Å². The molecule has 0 aliphatic carbocycles. The summed E-state index contributed by atoms with van der Waals surface area (Å²) in [6.07, 6.45) is 0. The average Bonchev–Trinajstić information content (AvgIpc) is 2.70. The van der Waals surface area contributed by atoms with Gasteiger partial charge in [-0.3, -0.25) is 14.9 Å². The van der Waals surface area contributed by atoms with Crippen LogP contribution >= 0.6 is 0 Å². The monoisotopic (exact) mass is 449 g/mol. The third-order valence-corrected chi connectivity index (χ3v) is 5.94. The smallest absolute Gasteiger partial charge is 0.286 e. The molecule has 10 nitrogen and oxygen atoms in total. The van der Waals surface area contributed by atoms with Crippen molar-refractivity contribution in [1.29, 1.82) is 0 Å². The van der Waals surface area contributed by atoms with E-state index in [0.29, 0.717) is 11.1 Å². The quantitative estimate of drug-likeness (QED) is 0.465. The normalized spacial score (nSPS) is 13.1.